The molecule has 120 valence electrons. The molecule has 0 saturated carbocycles. The van der Waals surface area contributed by atoms with E-state index >= 15 is 0 Å². The van der Waals surface area contributed by atoms with Crippen molar-refractivity contribution in [2.24, 2.45) is 0 Å². The quantitative estimate of drug-likeness (QED) is 0.599. The Labute approximate surface area is 130 Å². The first-order valence-electron chi connectivity index (χ1n) is 8.22. The van der Waals surface area contributed by atoms with Crippen molar-refractivity contribution in [2.45, 2.75) is 58.4 Å². The van der Waals surface area contributed by atoms with Crippen LogP contribution in [-0.2, 0) is 0 Å². The predicted octanol–water partition coefficient (Wildman–Crippen LogP) is 4.71. The third-order valence-corrected chi connectivity index (χ3v) is 3.86. The molecule has 0 aromatic heterocycles. The summed E-state index contributed by atoms with van der Waals surface area (Å²) in [5.41, 5.74) is 1.20. The van der Waals surface area contributed by atoms with Gasteiger partial charge in [-0.1, -0.05) is 58.1 Å². The summed E-state index contributed by atoms with van der Waals surface area (Å²) in [4.78, 5) is 0. The summed E-state index contributed by atoms with van der Waals surface area (Å²) in [6.07, 6.45) is 7.67. The first-order chi connectivity index (χ1) is 10.3. The zero-order valence-corrected chi connectivity index (χ0v) is 14.1. The number of ether oxygens (including phenoxy) is 2. The molecule has 0 aliphatic rings. The van der Waals surface area contributed by atoms with Crippen molar-refractivity contribution in [3.63, 3.8) is 0 Å². The van der Waals surface area contributed by atoms with Crippen LogP contribution in [0.5, 0.6) is 11.5 Å². The zero-order valence-electron chi connectivity index (χ0n) is 14.1. The van der Waals surface area contributed by atoms with Crippen LogP contribution in [-0.4, -0.2) is 20.8 Å². The monoisotopic (exact) mass is 293 g/mol. The molecule has 1 rings (SSSR count). The minimum atomic E-state index is 0.335. The number of hydrogen-bond acceptors (Lipinski definition) is 3. The minimum Gasteiger partial charge on any atom is -0.493 e. The molecule has 1 N–H and O–H groups in total. The predicted molar refractivity (Wildman–Crippen MR) is 89.3 cm³/mol. The number of benzene rings is 1. The van der Waals surface area contributed by atoms with Gasteiger partial charge in [-0.3, -0.25) is 0 Å². The highest BCUT2D eigenvalue weighted by Crippen LogP contribution is 2.36. The number of unbranched alkanes of at least 4 members (excludes halogenated alkanes) is 4. The smallest absolute Gasteiger partial charge is 0.165 e. The van der Waals surface area contributed by atoms with Gasteiger partial charge in [0.1, 0.15) is 0 Å². The Morgan fingerprint density at radius 1 is 1.00 bits per heavy atom. The molecule has 0 spiro atoms. The average Bonchev–Trinajstić information content (AvgIpc) is 2.52. The van der Waals surface area contributed by atoms with E-state index in [0.717, 1.165) is 24.5 Å². The Bertz CT molecular complexity index is 393. The molecule has 1 aromatic carbocycles. The molecule has 0 radical (unpaired) electrons. The normalized spacial score (nSPS) is 12.2. The third-order valence-electron chi connectivity index (χ3n) is 3.86. The largest absolute Gasteiger partial charge is 0.493 e. The average molecular weight is 293 g/mol. The third kappa shape index (κ3) is 5.58. The standard InChI is InChI=1S/C18H31NO2/c1-5-7-8-9-10-13-16(19-6-2)15-12-11-14-17(20-3)18(15)21-4/h11-12,14,16,19H,5-10,13H2,1-4H3. The lowest BCUT2D eigenvalue weighted by Crippen LogP contribution is -2.21. The van der Waals surface area contributed by atoms with Crippen LogP contribution in [0.2, 0.25) is 0 Å². The Balaban J connectivity index is 2.75. The van der Waals surface area contributed by atoms with Crippen molar-refractivity contribution in [2.75, 3.05) is 20.8 Å². The van der Waals surface area contributed by atoms with Crippen molar-refractivity contribution >= 4 is 0 Å². The van der Waals surface area contributed by atoms with Gasteiger partial charge < -0.3 is 14.8 Å². The molecule has 0 amide bonds. The second kappa shape index (κ2) is 10.5. The Kier molecular flexibility index (Phi) is 8.91. The topological polar surface area (TPSA) is 30.5 Å². The summed E-state index contributed by atoms with van der Waals surface area (Å²) >= 11 is 0. The summed E-state index contributed by atoms with van der Waals surface area (Å²) in [5, 5.41) is 3.58. The fourth-order valence-electron chi connectivity index (χ4n) is 2.75. The van der Waals surface area contributed by atoms with E-state index in [1.54, 1.807) is 14.2 Å². The van der Waals surface area contributed by atoms with E-state index < -0.39 is 0 Å². The van der Waals surface area contributed by atoms with E-state index in [1.807, 2.05) is 12.1 Å². The van der Waals surface area contributed by atoms with Gasteiger partial charge in [0.25, 0.3) is 0 Å². The summed E-state index contributed by atoms with van der Waals surface area (Å²) in [6.45, 7) is 5.36. The van der Waals surface area contributed by atoms with Crippen molar-refractivity contribution in [1.82, 2.24) is 5.32 Å². The van der Waals surface area contributed by atoms with Crippen LogP contribution in [0.4, 0.5) is 0 Å². The molecule has 1 atom stereocenters. The highest BCUT2D eigenvalue weighted by atomic mass is 16.5. The summed E-state index contributed by atoms with van der Waals surface area (Å²) in [7, 11) is 3.40. The van der Waals surface area contributed by atoms with E-state index in [2.05, 4.69) is 25.2 Å². The molecule has 0 bridgehead atoms. The summed E-state index contributed by atoms with van der Waals surface area (Å²) in [6, 6.07) is 6.47. The van der Waals surface area contributed by atoms with Gasteiger partial charge in [0.05, 0.1) is 14.2 Å². The van der Waals surface area contributed by atoms with Crippen LogP contribution in [0.3, 0.4) is 0 Å². The van der Waals surface area contributed by atoms with Crippen molar-refractivity contribution in [3.05, 3.63) is 23.8 Å². The van der Waals surface area contributed by atoms with Crippen LogP contribution >= 0.6 is 0 Å². The number of para-hydroxylation sites is 1. The second-order valence-electron chi connectivity index (χ2n) is 5.40. The fraction of sp³-hybridized carbons (Fsp3) is 0.667. The second-order valence-corrected chi connectivity index (χ2v) is 5.40. The lowest BCUT2D eigenvalue weighted by molar-refractivity contribution is 0.344. The van der Waals surface area contributed by atoms with E-state index in [4.69, 9.17) is 9.47 Å². The van der Waals surface area contributed by atoms with Gasteiger partial charge in [-0.15, -0.1) is 0 Å². The van der Waals surface area contributed by atoms with E-state index in [9.17, 15) is 0 Å². The first-order valence-corrected chi connectivity index (χ1v) is 8.22. The Morgan fingerprint density at radius 3 is 2.38 bits per heavy atom. The highest BCUT2D eigenvalue weighted by Gasteiger charge is 2.17. The fourth-order valence-corrected chi connectivity index (χ4v) is 2.75. The van der Waals surface area contributed by atoms with Crippen molar-refractivity contribution in [3.8, 4) is 11.5 Å². The Morgan fingerprint density at radius 2 is 1.76 bits per heavy atom. The number of nitrogens with one attached hydrogen (secondary N) is 1. The molecular formula is C18H31NO2. The van der Waals surface area contributed by atoms with Crippen LogP contribution in [0.15, 0.2) is 18.2 Å². The highest BCUT2D eigenvalue weighted by molar-refractivity contribution is 5.48. The van der Waals surface area contributed by atoms with E-state index in [0.29, 0.717) is 6.04 Å². The molecule has 0 aliphatic carbocycles. The van der Waals surface area contributed by atoms with Gasteiger partial charge in [0.2, 0.25) is 0 Å². The van der Waals surface area contributed by atoms with Crippen LogP contribution in [0, 0.1) is 0 Å². The molecule has 3 heteroatoms. The maximum Gasteiger partial charge on any atom is 0.165 e. The lowest BCUT2D eigenvalue weighted by atomic mass is 9.98. The lowest BCUT2D eigenvalue weighted by Gasteiger charge is -2.22. The molecule has 0 fully saturated rings. The molecule has 0 saturated heterocycles. The van der Waals surface area contributed by atoms with Crippen molar-refractivity contribution < 1.29 is 9.47 Å². The molecule has 1 aromatic rings. The number of methoxy groups -OCH3 is 2. The summed E-state index contributed by atoms with van der Waals surface area (Å²) < 4.78 is 11.0. The maximum absolute atomic E-state index is 5.57. The molecule has 0 aliphatic heterocycles. The first kappa shape index (κ1) is 17.8. The van der Waals surface area contributed by atoms with Gasteiger partial charge in [-0.25, -0.2) is 0 Å². The number of rotatable bonds is 11. The van der Waals surface area contributed by atoms with Gasteiger partial charge in [-0.2, -0.15) is 0 Å². The molecular weight excluding hydrogens is 262 g/mol. The van der Waals surface area contributed by atoms with Gasteiger partial charge in [-0.05, 0) is 19.0 Å². The number of hydrogen-bond donors (Lipinski definition) is 1. The van der Waals surface area contributed by atoms with Crippen LogP contribution < -0.4 is 14.8 Å². The summed E-state index contributed by atoms with van der Waals surface area (Å²) in [5.74, 6) is 1.67. The van der Waals surface area contributed by atoms with Gasteiger partial charge in [0.15, 0.2) is 11.5 Å². The molecule has 21 heavy (non-hydrogen) atoms. The van der Waals surface area contributed by atoms with Crippen LogP contribution in [0.1, 0.15) is 64.0 Å². The van der Waals surface area contributed by atoms with Crippen molar-refractivity contribution in [1.29, 1.82) is 0 Å². The zero-order chi connectivity index (χ0) is 15.5. The molecule has 0 heterocycles. The van der Waals surface area contributed by atoms with Crippen LogP contribution in [0.25, 0.3) is 0 Å². The molecule has 1 unspecified atom stereocenters. The minimum absolute atomic E-state index is 0.335. The molecule has 3 nitrogen and oxygen atoms in total. The SMILES string of the molecule is CCCCCCCC(NCC)c1cccc(OC)c1OC. The van der Waals surface area contributed by atoms with E-state index in [1.165, 1.54) is 37.7 Å². The Hall–Kier alpha value is -1.22. The van der Waals surface area contributed by atoms with E-state index in [-0.39, 0.29) is 0 Å². The maximum atomic E-state index is 5.57. The van der Waals surface area contributed by atoms with Gasteiger partial charge in [0, 0.05) is 11.6 Å². The van der Waals surface area contributed by atoms with Gasteiger partial charge >= 0.3 is 0 Å².